The van der Waals surface area contributed by atoms with E-state index in [1.54, 1.807) is 4.90 Å². The smallest absolute Gasteiger partial charge is 0.285 e. The highest BCUT2D eigenvalue weighted by Gasteiger charge is 2.25. The molecule has 0 saturated carbocycles. The minimum Gasteiger partial charge on any atom is -0.338 e. The summed E-state index contributed by atoms with van der Waals surface area (Å²) >= 11 is 0. The van der Waals surface area contributed by atoms with E-state index in [0.29, 0.717) is 12.5 Å². The zero-order valence-corrected chi connectivity index (χ0v) is 12.9. The Hall–Kier alpha value is -2.18. The lowest BCUT2D eigenvalue weighted by molar-refractivity contribution is -0.385. The summed E-state index contributed by atoms with van der Waals surface area (Å²) in [5.41, 5.74) is -0.598. The van der Waals surface area contributed by atoms with Gasteiger partial charge in [0.2, 0.25) is 5.91 Å². The van der Waals surface area contributed by atoms with E-state index < -0.39 is 10.5 Å². The fourth-order valence-electron chi connectivity index (χ4n) is 2.86. The van der Waals surface area contributed by atoms with Crippen molar-refractivity contribution >= 4 is 11.6 Å². The Bertz CT molecular complexity index is 625. The second-order valence-electron chi connectivity index (χ2n) is 6.04. The zero-order chi connectivity index (χ0) is 16.3. The van der Waals surface area contributed by atoms with Gasteiger partial charge in [0.25, 0.3) is 11.2 Å². The summed E-state index contributed by atoms with van der Waals surface area (Å²) in [4.78, 5) is 36.3. The predicted octanol–water partition coefficient (Wildman–Crippen LogP) is 1.79. The second-order valence-corrected chi connectivity index (χ2v) is 6.04. The molecule has 120 valence electrons. The lowest BCUT2D eigenvalue weighted by Crippen LogP contribution is -2.42. The number of pyridine rings is 1. The normalized spacial score (nSPS) is 22.2. The first kappa shape index (κ1) is 16.2. The van der Waals surface area contributed by atoms with Crippen molar-refractivity contribution in [3.8, 4) is 0 Å². The molecule has 0 N–H and O–H groups in total. The monoisotopic (exact) mass is 307 g/mol. The maximum atomic E-state index is 12.5. The summed E-state index contributed by atoms with van der Waals surface area (Å²) in [7, 11) is 0. The van der Waals surface area contributed by atoms with Gasteiger partial charge in [-0.3, -0.25) is 24.3 Å². The standard InChI is InChI=1S/C15H21N3O4/c1-11-4-3-5-12(2)17(8-11)15(20)10-16-9-13(18(21)22)6-7-14(16)19/h6-7,9,11-12H,3-5,8,10H2,1-2H3/t11-,12+/m0/s1. The number of rotatable bonds is 3. The van der Waals surface area contributed by atoms with E-state index in [4.69, 9.17) is 0 Å². The third-order valence-corrected chi connectivity index (χ3v) is 4.16. The van der Waals surface area contributed by atoms with Crippen LogP contribution in [0.1, 0.15) is 33.1 Å². The van der Waals surface area contributed by atoms with Crippen LogP contribution >= 0.6 is 0 Å². The molecule has 2 atom stereocenters. The van der Waals surface area contributed by atoms with E-state index in [1.165, 1.54) is 0 Å². The average molecular weight is 307 g/mol. The number of carbonyl (C=O) groups excluding carboxylic acids is 1. The first-order valence-electron chi connectivity index (χ1n) is 7.53. The van der Waals surface area contributed by atoms with E-state index in [-0.39, 0.29) is 24.2 Å². The van der Waals surface area contributed by atoms with E-state index in [1.807, 2.05) is 6.92 Å². The first-order valence-corrected chi connectivity index (χ1v) is 7.53. The van der Waals surface area contributed by atoms with Crippen LogP contribution in [0.25, 0.3) is 0 Å². The molecule has 1 aromatic heterocycles. The van der Waals surface area contributed by atoms with Crippen LogP contribution in [0.2, 0.25) is 0 Å². The van der Waals surface area contributed by atoms with Crippen LogP contribution in [0.5, 0.6) is 0 Å². The van der Waals surface area contributed by atoms with Crippen molar-refractivity contribution in [3.05, 3.63) is 38.8 Å². The van der Waals surface area contributed by atoms with Crippen molar-refractivity contribution < 1.29 is 9.72 Å². The molecule has 1 amide bonds. The van der Waals surface area contributed by atoms with E-state index in [9.17, 15) is 19.7 Å². The zero-order valence-electron chi connectivity index (χ0n) is 12.9. The molecule has 0 bridgehead atoms. The third kappa shape index (κ3) is 3.72. The molecular formula is C15H21N3O4. The third-order valence-electron chi connectivity index (χ3n) is 4.16. The highest BCUT2D eigenvalue weighted by atomic mass is 16.6. The van der Waals surface area contributed by atoms with E-state index >= 15 is 0 Å². The Morgan fingerprint density at radius 2 is 2.09 bits per heavy atom. The number of nitrogens with zero attached hydrogens (tertiary/aromatic N) is 3. The van der Waals surface area contributed by atoms with Crippen LogP contribution in [0.3, 0.4) is 0 Å². The number of nitro groups is 1. The molecule has 2 rings (SSSR count). The van der Waals surface area contributed by atoms with Gasteiger partial charge >= 0.3 is 0 Å². The number of likely N-dealkylation sites (tertiary alicyclic amines) is 1. The van der Waals surface area contributed by atoms with Gasteiger partial charge in [-0.1, -0.05) is 13.3 Å². The van der Waals surface area contributed by atoms with Gasteiger partial charge in [-0.05, 0) is 25.7 Å². The second kappa shape index (κ2) is 6.72. The van der Waals surface area contributed by atoms with Crippen LogP contribution in [-0.2, 0) is 11.3 Å². The molecule has 0 radical (unpaired) electrons. The maximum Gasteiger partial charge on any atom is 0.285 e. The molecule has 2 heterocycles. The van der Waals surface area contributed by atoms with Gasteiger partial charge in [0.1, 0.15) is 6.54 Å². The molecule has 0 aromatic carbocycles. The van der Waals surface area contributed by atoms with Gasteiger partial charge in [0.15, 0.2) is 0 Å². The molecule has 1 aliphatic heterocycles. The van der Waals surface area contributed by atoms with Gasteiger partial charge in [-0.25, -0.2) is 0 Å². The largest absolute Gasteiger partial charge is 0.338 e. The molecule has 1 aromatic rings. The van der Waals surface area contributed by atoms with Crippen molar-refractivity contribution in [2.75, 3.05) is 6.54 Å². The van der Waals surface area contributed by atoms with Crippen molar-refractivity contribution in [3.63, 3.8) is 0 Å². The summed E-state index contributed by atoms with van der Waals surface area (Å²) in [5, 5.41) is 10.8. The number of amides is 1. The Kier molecular flexibility index (Phi) is 4.95. The highest BCUT2D eigenvalue weighted by Crippen LogP contribution is 2.21. The van der Waals surface area contributed by atoms with Gasteiger partial charge in [0, 0.05) is 24.7 Å². The highest BCUT2D eigenvalue weighted by molar-refractivity contribution is 5.76. The average Bonchev–Trinajstić information content (AvgIpc) is 2.62. The van der Waals surface area contributed by atoms with Gasteiger partial charge in [-0.15, -0.1) is 0 Å². The summed E-state index contributed by atoms with van der Waals surface area (Å²) in [6.45, 7) is 4.63. The predicted molar refractivity (Wildman–Crippen MR) is 81.5 cm³/mol. The molecular weight excluding hydrogens is 286 g/mol. The van der Waals surface area contributed by atoms with Gasteiger partial charge < -0.3 is 4.90 Å². The van der Waals surface area contributed by atoms with Crippen LogP contribution in [0.15, 0.2) is 23.1 Å². The minimum atomic E-state index is -0.572. The molecule has 7 heteroatoms. The molecule has 0 spiro atoms. The van der Waals surface area contributed by atoms with Crippen molar-refractivity contribution in [1.82, 2.24) is 9.47 Å². The summed E-state index contributed by atoms with van der Waals surface area (Å²) in [5.74, 6) is 0.263. The SMILES string of the molecule is C[C@H]1CCC[C@@H](C)N(C(=O)Cn2cc([N+](=O)[O-])ccc2=O)C1. The topological polar surface area (TPSA) is 85.4 Å². The minimum absolute atomic E-state index is 0.131. The van der Waals surface area contributed by atoms with E-state index in [2.05, 4.69) is 6.92 Å². The molecule has 1 saturated heterocycles. The van der Waals surface area contributed by atoms with Gasteiger partial charge in [-0.2, -0.15) is 0 Å². The fraction of sp³-hybridized carbons (Fsp3) is 0.600. The van der Waals surface area contributed by atoms with E-state index in [0.717, 1.165) is 42.2 Å². The van der Waals surface area contributed by atoms with Crippen molar-refractivity contribution in [1.29, 1.82) is 0 Å². The number of hydrogen-bond donors (Lipinski definition) is 0. The summed E-state index contributed by atoms with van der Waals surface area (Å²) in [6.07, 6.45) is 4.25. The first-order chi connectivity index (χ1) is 10.4. The Morgan fingerprint density at radius 1 is 1.36 bits per heavy atom. The van der Waals surface area contributed by atoms with Crippen molar-refractivity contribution in [2.24, 2.45) is 5.92 Å². The quantitative estimate of drug-likeness (QED) is 0.629. The van der Waals surface area contributed by atoms with Crippen LogP contribution in [0.4, 0.5) is 5.69 Å². The molecule has 7 nitrogen and oxygen atoms in total. The number of carbonyl (C=O) groups is 1. The van der Waals surface area contributed by atoms with Crippen LogP contribution < -0.4 is 5.56 Å². The summed E-state index contributed by atoms with van der Waals surface area (Å²) in [6, 6.07) is 2.41. The molecule has 1 fully saturated rings. The van der Waals surface area contributed by atoms with Gasteiger partial charge in [0.05, 0.1) is 11.1 Å². The van der Waals surface area contributed by atoms with Crippen molar-refractivity contribution in [2.45, 2.75) is 45.7 Å². The van der Waals surface area contributed by atoms with Crippen LogP contribution in [-0.4, -0.2) is 32.9 Å². The molecule has 1 aliphatic rings. The molecule has 22 heavy (non-hydrogen) atoms. The van der Waals surface area contributed by atoms with Crippen LogP contribution in [0, 0.1) is 16.0 Å². The maximum absolute atomic E-state index is 12.5. The molecule has 0 aliphatic carbocycles. The summed E-state index contributed by atoms with van der Waals surface area (Å²) < 4.78 is 1.11. The fourth-order valence-corrected chi connectivity index (χ4v) is 2.86. The molecule has 0 unspecified atom stereocenters. The lowest BCUT2D eigenvalue weighted by Gasteiger charge is -2.29. The lowest BCUT2D eigenvalue weighted by atomic mass is 10.1. The Balaban J connectivity index is 2.18. The number of aromatic nitrogens is 1. The Labute approximate surface area is 128 Å². The Morgan fingerprint density at radius 3 is 2.77 bits per heavy atom. The number of hydrogen-bond acceptors (Lipinski definition) is 4.